The van der Waals surface area contributed by atoms with Crippen LogP contribution < -0.4 is 4.74 Å². The molecule has 2 nitrogen and oxygen atoms in total. The molecule has 0 aliphatic carbocycles. The first kappa shape index (κ1) is 11.4. The van der Waals surface area contributed by atoms with Gasteiger partial charge in [-0.2, -0.15) is 0 Å². The van der Waals surface area contributed by atoms with Crippen molar-refractivity contribution < 1.29 is 9.47 Å². The first-order chi connectivity index (χ1) is 7.22. The Kier molecular flexibility index (Phi) is 3.69. The Morgan fingerprint density at radius 2 is 2.07 bits per heavy atom. The van der Waals surface area contributed by atoms with E-state index in [1.165, 1.54) is 3.58 Å². The highest BCUT2D eigenvalue weighted by atomic mass is 127. The Hall–Kier alpha value is -0.0700. The molecule has 0 radical (unpaired) electrons. The number of rotatable bonds is 2. The zero-order valence-corrected chi connectivity index (χ0v) is 11.9. The minimum Gasteiger partial charge on any atom is -0.497 e. The van der Waals surface area contributed by atoms with Crippen molar-refractivity contribution in [2.24, 2.45) is 0 Å². The SMILES string of the molecule is COc1ccc(C2OCC(I)=C2Br)cc1. The van der Waals surface area contributed by atoms with E-state index in [9.17, 15) is 0 Å². The van der Waals surface area contributed by atoms with Crippen LogP contribution >= 0.6 is 38.5 Å². The number of methoxy groups -OCH3 is 1. The molecule has 4 heteroatoms. The Bertz CT molecular complexity index is 386. The van der Waals surface area contributed by atoms with Gasteiger partial charge >= 0.3 is 0 Å². The normalized spacial score (nSPS) is 20.9. The van der Waals surface area contributed by atoms with Gasteiger partial charge in [-0.15, -0.1) is 0 Å². The van der Waals surface area contributed by atoms with Crippen LogP contribution in [0.25, 0.3) is 0 Å². The Balaban J connectivity index is 2.24. The fourth-order valence-electron chi connectivity index (χ4n) is 1.46. The van der Waals surface area contributed by atoms with Crippen molar-refractivity contribution in [2.75, 3.05) is 13.7 Å². The average molecular weight is 381 g/mol. The lowest BCUT2D eigenvalue weighted by molar-refractivity contribution is 0.127. The molecule has 1 atom stereocenters. The van der Waals surface area contributed by atoms with Crippen molar-refractivity contribution in [3.8, 4) is 5.75 Å². The van der Waals surface area contributed by atoms with E-state index in [1.54, 1.807) is 7.11 Å². The lowest BCUT2D eigenvalue weighted by Gasteiger charge is -2.11. The zero-order chi connectivity index (χ0) is 10.8. The van der Waals surface area contributed by atoms with Gasteiger partial charge in [-0.3, -0.25) is 0 Å². The predicted octanol–water partition coefficient (Wildman–Crippen LogP) is 3.81. The molecule has 1 aromatic carbocycles. The third kappa shape index (κ3) is 2.37. The predicted molar refractivity (Wildman–Crippen MR) is 71.7 cm³/mol. The van der Waals surface area contributed by atoms with Gasteiger partial charge < -0.3 is 9.47 Å². The molecule has 0 saturated heterocycles. The standard InChI is InChI=1S/C11H10BrIO2/c1-14-8-4-2-7(3-5-8)11-10(12)9(13)6-15-11/h2-5,11H,6H2,1H3. The number of halogens is 2. The van der Waals surface area contributed by atoms with E-state index in [0.29, 0.717) is 6.61 Å². The minimum atomic E-state index is 0.0443. The van der Waals surface area contributed by atoms with Crippen LogP contribution in [-0.4, -0.2) is 13.7 Å². The number of hydrogen-bond acceptors (Lipinski definition) is 2. The second kappa shape index (κ2) is 4.84. The summed E-state index contributed by atoms with van der Waals surface area (Å²) in [6, 6.07) is 7.95. The summed E-state index contributed by atoms with van der Waals surface area (Å²) in [5.74, 6) is 0.867. The first-order valence-corrected chi connectivity index (χ1v) is 6.39. The lowest BCUT2D eigenvalue weighted by Crippen LogP contribution is -1.97. The molecular weight excluding hydrogens is 371 g/mol. The summed E-state index contributed by atoms with van der Waals surface area (Å²) in [7, 11) is 1.67. The van der Waals surface area contributed by atoms with E-state index in [2.05, 4.69) is 38.5 Å². The lowest BCUT2D eigenvalue weighted by atomic mass is 10.1. The highest BCUT2D eigenvalue weighted by molar-refractivity contribution is 14.1. The van der Waals surface area contributed by atoms with Crippen molar-refractivity contribution in [2.45, 2.75) is 6.10 Å². The van der Waals surface area contributed by atoms with Crippen molar-refractivity contribution >= 4 is 38.5 Å². The molecule has 0 saturated carbocycles. The number of hydrogen-bond donors (Lipinski definition) is 0. The molecule has 0 bridgehead atoms. The third-order valence-electron chi connectivity index (χ3n) is 2.28. The number of ether oxygens (including phenoxy) is 2. The Labute approximate surface area is 111 Å². The second-order valence-electron chi connectivity index (χ2n) is 3.22. The molecule has 0 aromatic heterocycles. The van der Waals surface area contributed by atoms with Gasteiger partial charge in [0.2, 0.25) is 0 Å². The van der Waals surface area contributed by atoms with Gasteiger partial charge in [0.1, 0.15) is 11.9 Å². The van der Waals surface area contributed by atoms with E-state index < -0.39 is 0 Å². The molecule has 15 heavy (non-hydrogen) atoms. The van der Waals surface area contributed by atoms with Crippen LogP contribution in [-0.2, 0) is 4.74 Å². The monoisotopic (exact) mass is 380 g/mol. The molecule has 80 valence electrons. The van der Waals surface area contributed by atoms with Crippen LogP contribution in [0.3, 0.4) is 0 Å². The molecule has 0 N–H and O–H groups in total. The van der Waals surface area contributed by atoms with E-state index in [1.807, 2.05) is 24.3 Å². The maximum atomic E-state index is 5.67. The highest BCUT2D eigenvalue weighted by Gasteiger charge is 2.24. The van der Waals surface area contributed by atoms with Crippen LogP contribution in [0.15, 0.2) is 32.3 Å². The van der Waals surface area contributed by atoms with Gasteiger partial charge in [-0.1, -0.05) is 28.1 Å². The van der Waals surface area contributed by atoms with Crippen molar-refractivity contribution in [3.63, 3.8) is 0 Å². The number of benzene rings is 1. The maximum absolute atomic E-state index is 5.67. The molecule has 0 fully saturated rings. The topological polar surface area (TPSA) is 18.5 Å². The summed E-state index contributed by atoms with van der Waals surface area (Å²) in [6.07, 6.45) is 0.0443. The maximum Gasteiger partial charge on any atom is 0.118 e. The van der Waals surface area contributed by atoms with Crippen molar-refractivity contribution in [1.29, 1.82) is 0 Å². The van der Waals surface area contributed by atoms with Gasteiger partial charge in [-0.05, 0) is 40.3 Å². The van der Waals surface area contributed by atoms with Gasteiger partial charge in [0.25, 0.3) is 0 Å². The summed E-state index contributed by atoms with van der Waals surface area (Å²) in [4.78, 5) is 0. The Morgan fingerprint density at radius 1 is 1.40 bits per heavy atom. The molecule has 1 heterocycles. The zero-order valence-electron chi connectivity index (χ0n) is 8.17. The highest BCUT2D eigenvalue weighted by Crippen LogP contribution is 2.40. The van der Waals surface area contributed by atoms with Crippen LogP contribution in [0.1, 0.15) is 11.7 Å². The van der Waals surface area contributed by atoms with E-state index >= 15 is 0 Å². The summed E-state index contributed by atoms with van der Waals surface area (Å²) in [5.41, 5.74) is 1.15. The summed E-state index contributed by atoms with van der Waals surface area (Å²) < 4.78 is 13.1. The second-order valence-corrected chi connectivity index (χ2v) is 5.37. The quantitative estimate of drug-likeness (QED) is 0.726. The van der Waals surface area contributed by atoms with E-state index in [4.69, 9.17) is 9.47 Å². The van der Waals surface area contributed by atoms with Gasteiger partial charge in [0.15, 0.2) is 0 Å². The van der Waals surface area contributed by atoms with Gasteiger partial charge in [-0.25, -0.2) is 0 Å². The molecule has 1 aliphatic rings. The summed E-state index contributed by atoms with van der Waals surface area (Å²) >= 11 is 5.86. The molecule has 1 aromatic rings. The molecule has 0 amide bonds. The van der Waals surface area contributed by atoms with Crippen LogP contribution in [0.5, 0.6) is 5.75 Å². The van der Waals surface area contributed by atoms with Gasteiger partial charge in [0, 0.05) is 8.06 Å². The van der Waals surface area contributed by atoms with Crippen molar-refractivity contribution in [1.82, 2.24) is 0 Å². The molecule has 1 aliphatic heterocycles. The average Bonchev–Trinajstić information content (AvgIpc) is 2.60. The molecule has 2 rings (SSSR count). The molecular formula is C11H10BrIO2. The van der Waals surface area contributed by atoms with Crippen molar-refractivity contribution in [3.05, 3.63) is 37.9 Å². The Morgan fingerprint density at radius 3 is 2.53 bits per heavy atom. The van der Waals surface area contributed by atoms with Crippen LogP contribution in [0.4, 0.5) is 0 Å². The largest absolute Gasteiger partial charge is 0.497 e. The van der Waals surface area contributed by atoms with E-state index in [0.717, 1.165) is 15.8 Å². The third-order valence-corrected chi connectivity index (χ3v) is 4.81. The fourth-order valence-corrected chi connectivity index (χ4v) is 2.44. The fraction of sp³-hybridized carbons (Fsp3) is 0.273. The summed E-state index contributed by atoms with van der Waals surface area (Å²) in [5, 5.41) is 0. The van der Waals surface area contributed by atoms with Crippen LogP contribution in [0, 0.1) is 0 Å². The molecule has 1 unspecified atom stereocenters. The minimum absolute atomic E-state index is 0.0443. The van der Waals surface area contributed by atoms with Gasteiger partial charge in [0.05, 0.1) is 13.7 Å². The summed E-state index contributed by atoms with van der Waals surface area (Å²) in [6.45, 7) is 0.692. The van der Waals surface area contributed by atoms with Crippen LogP contribution in [0.2, 0.25) is 0 Å². The first-order valence-electron chi connectivity index (χ1n) is 4.52. The smallest absolute Gasteiger partial charge is 0.118 e. The molecule has 0 spiro atoms. The van der Waals surface area contributed by atoms with E-state index in [-0.39, 0.29) is 6.10 Å².